The SMILES string of the molecule is CC(=O)/C(N=Nc1ccc(C(=O)O)cc1O)=C(/C)O. The monoisotopic (exact) mass is 264 g/mol. The van der Waals surface area contributed by atoms with Crippen molar-refractivity contribution >= 4 is 17.4 Å². The summed E-state index contributed by atoms with van der Waals surface area (Å²) in [6, 6.07) is 3.49. The van der Waals surface area contributed by atoms with Gasteiger partial charge in [0.15, 0.2) is 11.5 Å². The predicted molar refractivity (Wildman–Crippen MR) is 65.6 cm³/mol. The molecule has 0 atom stereocenters. The van der Waals surface area contributed by atoms with E-state index in [1.54, 1.807) is 0 Å². The predicted octanol–water partition coefficient (Wildman–Crippen LogP) is 2.55. The minimum Gasteiger partial charge on any atom is -0.510 e. The molecule has 1 aromatic carbocycles. The third-order valence-electron chi connectivity index (χ3n) is 2.16. The van der Waals surface area contributed by atoms with Gasteiger partial charge in [-0.1, -0.05) is 0 Å². The molecule has 0 aliphatic rings. The Morgan fingerprint density at radius 2 is 1.79 bits per heavy atom. The molecule has 0 aliphatic carbocycles. The van der Waals surface area contributed by atoms with E-state index in [1.165, 1.54) is 26.0 Å². The number of phenols is 1. The number of carbonyl (C=O) groups is 2. The highest BCUT2D eigenvalue weighted by Crippen LogP contribution is 2.28. The number of hydrogen-bond acceptors (Lipinski definition) is 6. The first kappa shape index (κ1) is 14.4. The minimum absolute atomic E-state index is 0.00926. The molecule has 7 nitrogen and oxygen atoms in total. The van der Waals surface area contributed by atoms with Crippen LogP contribution in [0.15, 0.2) is 39.9 Å². The zero-order chi connectivity index (χ0) is 14.6. The molecule has 100 valence electrons. The van der Waals surface area contributed by atoms with Gasteiger partial charge in [0.25, 0.3) is 0 Å². The standard InChI is InChI=1S/C12H12N2O5/c1-6(15)11(7(2)16)14-13-9-4-3-8(12(18)19)5-10(9)17/h3-5,15,17H,1-2H3,(H,18,19)/b11-6+,14-13?. The first-order valence-corrected chi connectivity index (χ1v) is 5.21. The van der Waals surface area contributed by atoms with E-state index < -0.39 is 11.8 Å². The number of carbonyl (C=O) groups excluding carboxylic acids is 1. The van der Waals surface area contributed by atoms with Crippen molar-refractivity contribution in [2.24, 2.45) is 10.2 Å². The van der Waals surface area contributed by atoms with Crippen molar-refractivity contribution in [1.29, 1.82) is 0 Å². The summed E-state index contributed by atoms with van der Waals surface area (Å²) >= 11 is 0. The third kappa shape index (κ3) is 3.63. The van der Waals surface area contributed by atoms with Gasteiger partial charge in [0, 0.05) is 6.92 Å². The van der Waals surface area contributed by atoms with E-state index in [1.807, 2.05) is 0 Å². The molecule has 0 fully saturated rings. The van der Waals surface area contributed by atoms with Crippen molar-refractivity contribution in [3.63, 3.8) is 0 Å². The molecule has 19 heavy (non-hydrogen) atoms. The van der Waals surface area contributed by atoms with Crippen molar-refractivity contribution < 1.29 is 24.9 Å². The Morgan fingerprint density at radius 3 is 2.21 bits per heavy atom. The summed E-state index contributed by atoms with van der Waals surface area (Å²) in [5.74, 6) is -2.35. The zero-order valence-corrected chi connectivity index (χ0v) is 10.3. The second kappa shape index (κ2) is 5.76. The van der Waals surface area contributed by atoms with Crippen LogP contribution in [0.1, 0.15) is 24.2 Å². The fourth-order valence-electron chi connectivity index (χ4n) is 1.24. The van der Waals surface area contributed by atoms with Crippen molar-refractivity contribution in [3.05, 3.63) is 35.2 Å². The lowest BCUT2D eigenvalue weighted by Gasteiger charge is -2.00. The number of ketones is 1. The average molecular weight is 264 g/mol. The summed E-state index contributed by atoms with van der Waals surface area (Å²) in [6.45, 7) is 2.49. The second-order valence-corrected chi connectivity index (χ2v) is 3.70. The molecule has 0 spiro atoms. The Hall–Kier alpha value is -2.70. The van der Waals surface area contributed by atoms with E-state index in [2.05, 4.69) is 10.2 Å². The van der Waals surface area contributed by atoms with Gasteiger partial charge in [-0.25, -0.2) is 4.79 Å². The van der Waals surface area contributed by atoms with Crippen LogP contribution in [0.5, 0.6) is 5.75 Å². The van der Waals surface area contributed by atoms with Crippen molar-refractivity contribution in [1.82, 2.24) is 0 Å². The number of phenolic OH excluding ortho intramolecular Hbond substituents is 1. The van der Waals surface area contributed by atoms with E-state index >= 15 is 0 Å². The van der Waals surface area contributed by atoms with Crippen molar-refractivity contribution in [3.8, 4) is 5.75 Å². The number of aromatic hydroxyl groups is 1. The zero-order valence-electron chi connectivity index (χ0n) is 10.3. The highest BCUT2D eigenvalue weighted by Gasteiger charge is 2.09. The number of rotatable bonds is 4. The maximum Gasteiger partial charge on any atom is 0.335 e. The summed E-state index contributed by atoms with van der Waals surface area (Å²) in [6.07, 6.45) is 0. The van der Waals surface area contributed by atoms with Crippen LogP contribution < -0.4 is 0 Å². The first-order valence-electron chi connectivity index (χ1n) is 5.21. The smallest absolute Gasteiger partial charge is 0.335 e. The van der Waals surface area contributed by atoms with E-state index in [4.69, 9.17) is 5.11 Å². The van der Waals surface area contributed by atoms with Gasteiger partial charge in [-0.15, -0.1) is 10.2 Å². The second-order valence-electron chi connectivity index (χ2n) is 3.70. The largest absolute Gasteiger partial charge is 0.510 e. The van der Waals surface area contributed by atoms with Crippen LogP contribution in [-0.2, 0) is 4.79 Å². The lowest BCUT2D eigenvalue weighted by atomic mass is 10.2. The molecular formula is C12H12N2O5. The van der Waals surface area contributed by atoms with E-state index in [9.17, 15) is 19.8 Å². The van der Waals surface area contributed by atoms with Gasteiger partial charge in [0.05, 0.1) is 5.56 Å². The van der Waals surface area contributed by atoms with E-state index in [-0.39, 0.29) is 28.5 Å². The molecule has 0 amide bonds. The summed E-state index contributed by atoms with van der Waals surface area (Å²) in [7, 11) is 0. The molecule has 0 bridgehead atoms. The Morgan fingerprint density at radius 1 is 1.16 bits per heavy atom. The molecular weight excluding hydrogens is 252 g/mol. The molecule has 0 unspecified atom stereocenters. The van der Waals surface area contributed by atoms with Crippen LogP contribution in [0.4, 0.5) is 5.69 Å². The molecule has 0 saturated heterocycles. The van der Waals surface area contributed by atoms with Crippen LogP contribution in [0.3, 0.4) is 0 Å². The quantitative estimate of drug-likeness (QED) is 0.438. The van der Waals surface area contributed by atoms with Crippen molar-refractivity contribution in [2.75, 3.05) is 0 Å². The van der Waals surface area contributed by atoms with Crippen LogP contribution in [-0.4, -0.2) is 27.1 Å². The number of allylic oxidation sites excluding steroid dienone is 2. The lowest BCUT2D eigenvalue weighted by Crippen LogP contribution is -1.96. The Labute approximate surface area is 108 Å². The number of carboxylic acids is 1. The summed E-state index contributed by atoms with van der Waals surface area (Å²) in [5, 5.41) is 34.6. The molecule has 0 radical (unpaired) electrons. The van der Waals surface area contributed by atoms with Gasteiger partial charge in [0.2, 0.25) is 0 Å². The number of nitrogens with zero attached hydrogens (tertiary/aromatic N) is 2. The third-order valence-corrected chi connectivity index (χ3v) is 2.16. The topological polar surface area (TPSA) is 120 Å². The van der Waals surface area contributed by atoms with E-state index in [0.29, 0.717) is 0 Å². The summed E-state index contributed by atoms with van der Waals surface area (Å²) in [5.41, 5.74) is -0.344. The maximum atomic E-state index is 11.1. The molecule has 1 rings (SSSR count). The van der Waals surface area contributed by atoms with Gasteiger partial charge in [-0.3, -0.25) is 4.79 Å². The number of aliphatic hydroxyl groups is 1. The number of benzene rings is 1. The number of Topliss-reactive ketones (excluding diaryl/α,β-unsaturated/α-hetero) is 1. The van der Waals surface area contributed by atoms with E-state index in [0.717, 1.165) is 6.07 Å². The number of carboxylic acid groups (broad SMARTS) is 1. The fourth-order valence-corrected chi connectivity index (χ4v) is 1.24. The molecule has 3 N–H and O–H groups in total. The van der Waals surface area contributed by atoms with Gasteiger partial charge in [-0.05, 0) is 25.1 Å². The molecule has 0 aromatic heterocycles. The fraction of sp³-hybridized carbons (Fsp3) is 0.167. The maximum absolute atomic E-state index is 11.1. The number of azo groups is 1. The number of aliphatic hydroxyl groups excluding tert-OH is 1. The molecule has 0 heterocycles. The summed E-state index contributed by atoms with van der Waals surface area (Å²) < 4.78 is 0. The van der Waals surface area contributed by atoms with Gasteiger partial charge >= 0.3 is 5.97 Å². The Bertz CT molecular complexity index is 586. The number of hydrogen-bond donors (Lipinski definition) is 3. The van der Waals surface area contributed by atoms with Crippen LogP contribution >= 0.6 is 0 Å². The normalized spacial score (nSPS) is 12.3. The number of aromatic carboxylic acids is 1. The van der Waals surface area contributed by atoms with Crippen LogP contribution in [0.2, 0.25) is 0 Å². The highest BCUT2D eigenvalue weighted by atomic mass is 16.4. The first-order chi connectivity index (χ1) is 8.82. The molecule has 0 aliphatic heterocycles. The molecule has 7 heteroatoms. The lowest BCUT2D eigenvalue weighted by molar-refractivity contribution is -0.113. The average Bonchev–Trinajstić information content (AvgIpc) is 2.29. The van der Waals surface area contributed by atoms with Gasteiger partial charge < -0.3 is 15.3 Å². The highest BCUT2D eigenvalue weighted by molar-refractivity contribution is 5.93. The summed E-state index contributed by atoms with van der Waals surface area (Å²) in [4.78, 5) is 21.8. The Balaban J connectivity index is 3.10. The molecule has 1 aromatic rings. The minimum atomic E-state index is -1.19. The van der Waals surface area contributed by atoms with Gasteiger partial charge in [-0.2, -0.15) is 0 Å². The molecule has 0 saturated carbocycles. The van der Waals surface area contributed by atoms with Gasteiger partial charge in [0.1, 0.15) is 17.2 Å². The van der Waals surface area contributed by atoms with Crippen LogP contribution in [0.25, 0.3) is 0 Å². The van der Waals surface area contributed by atoms with Crippen molar-refractivity contribution in [2.45, 2.75) is 13.8 Å². The van der Waals surface area contributed by atoms with Crippen LogP contribution in [0, 0.1) is 0 Å². The Kier molecular flexibility index (Phi) is 4.36.